The minimum Gasteiger partial charge on any atom is -0.461 e. The first-order chi connectivity index (χ1) is 12.6. The Bertz CT molecular complexity index is 669. The van der Waals surface area contributed by atoms with Crippen LogP contribution >= 0.6 is 0 Å². The molecule has 1 aromatic rings. The molecule has 26 heavy (non-hydrogen) atoms. The molecule has 1 saturated carbocycles. The van der Waals surface area contributed by atoms with Crippen molar-refractivity contribution in [1.82, 2.24) is 14.9 Å². The Kier molecular flexibility index (Phi) is 4.91. The first kappa shape index (κ1) is 17.8. The van der Waals surface area contributed by atoms with Gasteiger partial charge in [-0.1, -0.05) is 31.9 Å². The van der Waals surface area contributed by atoms with E-state index in [2.05, 4.69) is 34.8 Å². The zero-order valence-corrected chi connectivity index (χ0v) is 16.0. The molecule has 142 valence electrons. The first-order valence-electron chi connectivity index (χ1n) is 10.2. The van der Waals surface area contributed by atoms with Gasteiger partial charge in [-0.05, 0) is 43.6 Å². The Morgan fingerprint density at radius 3 is 3.15 bits per heavy atom. The molecule has 1 aromatic heterocycles. The number of rotatable bonds is 6. The molecule has 1 aliphatic heterocycles. The van der Waals surface area contributed by atoms with E-state index in [1.54, 1.807) is 11.8 Å². The van der Waals surface area contributed by atoms with Crippen LogP contribution in [0, 0.1) is 23.2 Å². The lowest BCUT2D eigenvalue weighted by Gasteiger charge is -2.46. The number of nitrogens with zero attached hydrogens (tertiary/aromatic N) is 2. The van der Waals surface area contributed by atoms with E-state index in [4.69, 9.17) is 4.74 Å². The molecule has 0 amide bonds. The van der Waals surface area contributed by atoms with Crippen LogP contribution in [0.4, 0.5) is 0 Å². The van der Waals surface area contributed by atoms with E-state index in [9.17, 15) is 4.79 Å². The molecule has 5 nitrogen and oxygen atoms in total. The highest BCUT2D eigenvalue weighted by Crippen LogP contribution is 2.53. The third kappa shape index (κ3) is 3.34. The van der Waals surface area contributed by atoms with Crippen molar-refractivity contribution in [2.24, 2.45) is 23.2 Å². The number of carbonyl (C=O) groups is 1. The maximum atomic E-state index is 12.5. The van der Waals surface area contributed by atoms with E-state index in [1.165, 1.54) is 19.3 Å². The summed E-state index contributed by atoms with van der Waals surface area (Å²) in [5.74, 6) is 0.870. The van der Waals surface area contributed by atoms with E-state index in [0.29, 0.717) is 5.92 Å². The van der Waals surface area contributed by atoms with E-state index < -0.39 is 0 Å². The Hall–Kier alpha value is -1.62. The van der Waals surface area contributed by atoms with Gasteiger partial charge in [-0.3, -0.25) is 4.79 Å². The van der Waals surface area contributed by atoms with Gasteiger partial charge in [0.25, 0.3) is 0 Å². The summed E-state index contributed by atoms with van der Waals surface area (Å²) in [6.45, 7) is 7.31. The Morgan fingerprint density at radius 1 is 1.46 bits per heavy atom. The second kappa shape index (κ2) is 7.18. The molecule has 5 heteroatoms. The van der Waals surface area contributed by atoms with Crippen LogP contribution in [0.1, 0.15) is 46.0 Å². The van der Waals surface area contributed by atoms with Gasteiger partial charge in [0.15, 0.2) is 0 Å². The highest BCUT2D eigenvalue weighted by atomic mass is 16.6. The lowest BCUT2D eigenvalue weighted by Crippen LogP contribution is -2.40. The zero-order valence-electron chi connectivity index (χ0n) is 16.0. The minimum absolute atomic E-state index is 0.00569. The number of aromatic nitrogens is 2. The van der Waals surface area contributed by atoms with E-state index in [1.807, 2.05) is 12.5 Å². The van der Waals surface area contributed by atoms with Gasteiger partial charge < -0.3 is 14.6 Å². The Labute approximate surface area is 156 Å². The van der Waals surface area contributed by atoms with Gasteiger partial charge in [0, 0.05) is 31.4 Å². The standard InChI is InChI=1S/C21H31N3O2/c1-15-5-3-6-21(2)12-19-16(11-18(15)21)17(20(25)26-19)13-22-7-4-9-24-10-8-23-14-24/h8,10-11,14-17,19,22H,3-7,9,12-13H2,1-2H3/t15-,16+,17+,19+,21+/m0/s1. The fourth-order valence-electron chi connectivity index (χ4n) is 5.35. The van der Waals surface area contributed by atoms with Crippen molar-refractivity contribution in [1.29, 1.82) is 0 Å². The molecule has 1 N–H and O–H groups in total. The van der Waals surface area contributed by atoms with E-state index in [0.717, 1.165) is 32.5 Å². The van der Waals surface area contributed by atoms with Gasteiger partial charge in [0.05, 0.1) is 12.2 Å². The van der Waals surface area contributed by atoms with E-state index in [-0.39, 0.29) is 29.3 Å². The maximum absolute atomic E-state index is 12.5. The van der Waals surface area contributed by atoms with Crippen LogP contribution in [0.25, 0.3) is 0 Å². The number of nitrogens with one attached hydrogen (secondary N) is 1. The number of carbonyl (C=O) groups excluding carboxylic acids is 1. The Morgan fingerprint density at radius 2 is 2.35 bits per heavy atom. The van der Waals surface area contributed by atoms with Gasteiger partial charge in [0.1, 0.15) is 6.10 Å². The summed E-state index contributed by atoms with van der Waals surface area (Å²) in [7, 11) is 0. The van der Waals surface area contributed by atoms with Crippen LogP contribution in [0.15, 0.2) is 30.4 Å². The van der Waals surface area contributed by atoms with Crippen molar-refractivity contribution in [3.63, 3.8) is 0 Å². The molecule has 3 aliphatic rings. The molecular weight excluding hydrogens is 326 g/mol. The predicted octanol–water partition coefficient (Wildman–Crippen LogP) is 3.18. The fraction of sp³-hybridized carbons (Fsp3) is 0.714. The van der Waals surface area contributed by atoms with Crippen LogP contribution in [0.5, 0.6) is 0 Å². The second-order valence-corrected chi connectivity index (χ2v) is 8.70. The van der Waals surface area contributed by atoms with Crippen LogP contribution in [-0.4, -0.2) is 34.7 Å². The number of ether oxygens (including phenoxy) is 1. The van der Waals surface area contributed by atoms with E-state index >= 15 is 0 Å². The monoisotopic (exact) mass is 357 g/mol. The Balaban J connectivity index is 1.35. The van der Waals surface area contributed by atoms with Crippen LogP contribution in [0.3, 0.4) is 0 Å². The number of fused-ring (bicyclic) bond motifs is 2. The minimum atomic E-state index is -0.0283. The van der Waals surface area contributed by atoms with Crippen molar-refractivity contribution >= 4 is 5.97 Å². The SMILES string of the molecule is C[C@H]1CCC[C@]2(C)C[C@H]3OC(=O)[C@H](CNCCCn4ccnc4)[C@H]3C=C12. The number of allylic oxidation sites excluding steroid dienone is 1. The van der Waals surface area contributed by atoms with Crippen molar-refractivity contribution < 1.29 is 9.53 Å². The molecule has 0 aromatic carbocycles. The summed E-state index contributed by atoms with van der Waals surface area (Å²) in [6, 6.07) is 0. The molecule has 1 saturated heterocycles. The predicted molar refractivity (Wildman–Crippen MR) is 100 cm³/mol. The lowest BCUT2D eigenvalue weighted by molar-refractivity contribution is -0.145. The third-order valence-corrected chi connectivity index (χ3v) is 6.77. The number of hydrogen-bond donors (Lipinski definition) is 1. The summed E-state index contributed by atoms with van der Waals surface area (Å²) in [5, 5.41) is 3.48. The smallest absolute Gasteiger partial charge is 0.311 e. The van der Waals surface area contributed by atoms with Crippen molar-refractivity contribution in [3.05, 3.63) is 30.4 Å². The normalized spacial score (nSPS) is 36.2. The quantitative estimate of drug-likeness (QED) is 0.483. The molecule has 0 bridgehead atoms. The molecule has 0 radical (unpaired) electrons. The summed E-state index contributed by atoms with van der Waals surface area (Å²) >= 11 is 0. The third-order valence-electron chi connectivity index (χ3n) is 6.77. The van der Waals surface area contributed by atoms with Gasteiger partial charge >= 0.3 is 5.97 Å². The maximum Gasteiger partial charge on any atom is 0.311 e. The zero-order chi connectivity index (χ0) is 18.1. The van der Waals surface area contributed by atoms with Crippen LogP contribution < -0.4 is 5.32 Å². The number of aryl methyl sites for hydroxylation is 1. The van der Waals surface area contributed by atoms with Crippen molar-refractivity contribution in [2.75, 3.05) is 13.1 Å². The topological polar surface area (TPSA) is 56.1 Å². The van der Waals surface area contributed by atoms with Gasteiger partial charge in [-0.2, -0.15) is 0 Å². The number of imidazole rings is 1. The highest BCUT2D eigenvalue weighted by molar-refractivity contribution is 5.76. The summed E-state index contributed by atoms with van der Waals surface area (Å²) in [6.07, 6.45) is 14.0. The molecule has 2 heterocycles. The largest absolute Gasteiger partial charge is 0.461 e. The molecule has 4 rings (SSSR count). The molecule has 2 fully saturated rings. The van der Waals surface area contributed by atoms with Gasteiger partial charge in [0.2, 0.25) is 0 Å². The van der Waals surface area contributed by atoms with Crippen molar-refractivity contribution in [2.45, 2.75) is 58.6 Å². The average Bonchev–Trinajstić information content (AvgIpc) is 3.21. The summed E-state index contributed by atoms with van der Waals surface area (Å²) in [4.78, 5) is 16.5. The highest BCUT2D eigenvalue weighted by Gasteiger charge is 2.51. The van der Waals surface area contributed by atoms with Gasteiger partial charge in [-0.15, -0.1) is 0 Å². The molecule has 0 spiro atoms. The summed E-state index contributed by atoms with van der Waals surface area (Å²) < 4.78 is 7.89. The molecule has 0 unspecified atom stereocenters. The fourth-order valence-corrected chi connectivity index (χ4v) is 5.35. The molecular formula is C21H31N3O2. The van der Waals surface area contributed by atoms with Crippen LogP contribution in [-0.2, 0) is 16.1 Å². The summed E-state index contributed by atoms with van der Waals surface area (Å²) in [5.41, 5.74) is 1.83. The average molecular weight is 357 g/mol. The van der Waals surface area contributed by atoms with Crippen LogP contribution in [0.2, 0.25) is 0 Å². The first-order valence-corrected chi connectivity index (χ1v) is 10.2. The number of esters is 1. The molecule has 5 atom stereocenters. The van der Waals surface area contributed by atoms with Gasteiger partial charge in [-0.25, -0.2) is 4.98 Å². The molecule has 2 aliphatic carbocycles. The second-order valence-electron chi connectivity index (χ2n) is 8.70. The van der Waals surface area contributed by atoms with Crippen molar-refractivity contribution in [3.8, 4) is 0 Å². The lowest BCUT2D eigenvalue weighted by atomic mass is 9.59. The number of hydrogen-bond acceptors (Lipinski definition) is 4.